The zero-order valence-electron chi connectivity index (χ0n) is 19.1. The molecule has 0 radical (unpaired) electrons. The molecule has 0 spiro atoms. The van der Waals surface area contributed by atoms with E-state index in [1.807, 2.05) is 0 Å². The Morgan fingerprint density at radius 3 is 1.77 bits per heavy atom. The summed E-state index contributed by atoms with van der Waals surface area (Å²) in [6.45, 7) is -1.25. The fourth-order valence-electron chi connectivity index (χ4n) is 4.68. The van der Waals surface area contributed by atoms with E-state index in [0.29, 0.717) is 0 Å². The zero-order chi connectivity index (χ0) is 26.0. The van der Waals surface area contributed by atoms with E-state index in [1.54, 1.807) is 0 Å². The lowest BCUT2D eigenvalue weighted by atomic mass is 9.86. The largest absolute Gasteiger partial charge is 0.392 e. The number of nitrogens with one attached hydrogen (secondary N) is 2. The normalized spacial score (nSPS) is 46.8. The molecule has 14 heteroatoms. The molecule has 3 aliphatic rings. The zero-order valence-corrected chi connectivity index (χ0v) is 19.1. The van der Waals surface area contributed by atoms with Crippen molar-refractivity contribution in [1.29, 1.82) is 0 Å². The molecule has 3 rings (SSSR count). The monoisotopic (exact) mass is 508 g/mol. The molecule has 202 valence electrons. The molecule has 1 aliphatic heterocycles. The fraction of sp³-hybridized carbons (Fsp3) is 0.810. The van der Waals surface area contributed by atoms with Crippen LogP contribution in [0.5, 0.6) is 0 Å². The average Bonchev–Trinajstić information content (AvgIpc) is 2.85. The van der Waals surface area contributed by atoms with Crippen molar-refractivity contribution < 1.29 is 60.5 Å². The second-order valence-electron chi connectivity index (χ2n) is 9.06. The van der Waals surface area contributed by atoms with E-state index in [4.69, 9.17) is 9.47 Å². The molecule has 13 unspecified atom stereocenters. The smallest absolute Gasteiger partial charge is 0.185 e. The van der Waals surface area contributed by atoms with Gasteiger partial charge in [0.25, 0.3) is 0 Å². The van der Waals surface area contributed by atoms with Crippen LogP contribution in [0.2, 0.25) is 0 Å². The van der Waals surface area contributed by atoms with Gasteiger partial charge in [0, 0.05) is 13.7 Å². The molecule has 0 bridgehead atoms. The number of hydrogen-bond acceptors (Lipinski definition) is 14. The van der Waals surface area contributed by atoms with E-state index in [2.05, 4.69) is 10.6 Å². The number of aliphatic hydroxyl groups is 10. The third kappa shape index (κ3) is 5.76. The van der Waals surface area contributed by atoms with Crippen molar-refractivity contribution in [3.05, 3.63) is 23.3 Å². The number of rotatable bonds is 8. The van der Waals surface area contributed by atoms with Gasteiger partial charge >= 0.3 is 0 Å². The van der Waals surface area contributed by atoms with Gasteiger partial charge in [-0.1, -0.05) is 12.2 Å². The van der Waals surface area contributed by atoms with Crippen molar-refractivity contribution in [3.8, 4) is 0 Å². The van der Waals surface area contributed by atoms with Crippen molar-refractivity contribution in [2.75, 3.05) is 26.9 Å². The molecule has 14 nitrogen and oxygen atoms in total. The van der Waals surface area contributed by atoms with Crippen molar-refractivity contribution in [2.24, 2.45) is 0 Å². The summed E-state index contributed by atoms with van der Waals surface area (Å²) in [5, 5.41) is 107. The summed E-state index contributed by atoms with van der Waals surface area (Å²) in [5.74, 6) is 0. The van der Waals surface area contributed by atoms with Crippen molar-refractivity contribution >= 4 is 0 Å². The van der Waals surface area contributed by atoms with Crippen LogP contribution in [0.1, 0.15) is 0 Å². The highest BCUT2D eigenvalue weighted by molar-refractivity contribution is 5.23. The SMILES string of the molecule is COC1OC(CNC2C=C(CO)C(O)C(O)C2O)C(O)C(NC2C=C(CO)C(O)C(O)C2O)C1O. The Bertz CT molecular complexity index is 769. The van der Waals surface area contributed by atoms with Gasteiger partial charge < -0.3 is 71.2 Å². The van der Waals surface area contributed by atoms with E-state index >= 15 is 0 Å². The molecule has 1 heterocycles. The summed E-state index contributed by atoms with van der Waals surface area (Å²) in [7, 11) is 1.27. The van der Waals surface area contributed by atoms with Crippen LogP contribution in [0.3, 0.4) is 0 Å². The molecule has 35 heavy (non-hydrogen) atoms. The Morgan fingerprint density at radius 2 is 1.26 bits per heavy atom. The van der Waals surface area contributed by atoms with Gasteiger partial charge in [-0.2, -0.15) is 0 Å². The molecule has 0 aromatic carbocycles. The highest BCUT2D eigenvalue weighted by Crippen LogP contribution is 2.26. The molecule has 12 N–H and O–H groups in total. The van der Waals surface area contributed by atoms with Gasteiger partial charge in [-0.25, -0.2) is 0 Å². The first-order valence-corrected chi connectivity index (χ1v) is 11.3. The van der Waals surface area contributed by atoms with Crippen LogP contribution >= 0.6 is 0 Å². The molecular formula is C21H36N2O12. The van der Waals surface area contributed by atoms with Gasteiger partial charge in [-0.15, -0.1) is 0 Å². The summed E-state index contributed by atoms with van der Waals surface area (Å²) >= 11 is 0. The molecular weight excluding hydrogens is 472 g/mol. The summed E-state index contributed by atoms with van der Waals surface area (Å²) in [6, 6.07) is -3.12. The summed E-state index contributed by atoms with van der Waals surface area (Å²) in [5.41, 5.74) is 0.157. The van der Waals surface area contributed by atoms with Crippen LogP contribution in [-0.2, 0) is 9.47 Å². The van der Waals surface area contributed by atoms with Gasteiger partial charge in [0.15, 0.2) is 6.29 Å². The number of ether oxygens (including phenoxy) is 2. The molecule has 13 atom stereocenters. The second kappa shape index (κ2) is 12.0. The van der Waals surface area contributed by atoms with Crippen molar-refractivity contribution in [1.82, 2.24) is 10.6 Å². The number of methoxy groups -OCH3 is 1. The Labute approximate surface area is 201 Å². The highest BCUT2D eigenvalue weighted by Gasteiger charge is 2.48. The predicted molar refractivity (Wildman–Crippen MR) is 117 cm³/mol. The minimum Gasteiger partial charge on any atom is -0.392 e. The minimum atomic E-state index is -1.62. The van der Waals surface area contributed by atoms with Gasteiger partial charge in [-0.3, -0.25) is 0 Å². The fourth-order valence-corrected chi connectivity index (χ4v) is 4.68. The Morgan fingerprint density at radius 1 is 0.743 bits per heavy atom. The Hall–Kier alpha value is -1.08. The second-order valence-corrected chi connectivity index (χ2v) is 9.06. The van der Waals surface area contributed by atoms with Crippen LogP contribution in [0.15, 0.2) is 23.3 Å². The van der Waals surface area contributed by atoms with E-state index in [9.17, 15) is 51.1 Å². The van der Waals surface area contributed by atoms with Crippen molar-refractivity contribution in [2.45, 2.75) is 79.4 Å². The third-order valence-corrected chi connectivity index (χ3v) is 6.87. The quantitative estimate of drug-likeness (QED) is 0.136. The minimum absolute atomic E-state index is 0.0522. The van der Waals surface area contributed by atoms with Crippen LogP contribution in [0, 0.1) is 0 Å². The standard InChI is InChI=1S/C21H36N2O12/c1-34-21-18(31)12(23-10-3-8(6-25)14(27)20(33)16(10)29)17(30)11(35-21)4-22-9-2-7(5-24)13(26)19(32)15(9)28/h2-3,9-33H,4-6H2,1H3. The summed E-state index contributed by atoms with van der Waals surface area (Å²) in [6.07, 6.45) is -11.5. The van der Waals surface area contributed by atoms with Crippen molar-refractivity contribution in [3.63, 3.8) is 0 Å². The Kier molecular flexibility index (Phi) is 9.75. The lowest BCUT2D eigenvalue weighted by Gasteiger charge is -2.45. The molecule has 1 fully saturated rings. The average molecular weight is 509 g/mol. The molecule has 1 saturated heterocycles. The van der Waals surface area contributed by atoms with Crippen LogP contribution in [0.4, 0.5) is 0 Å². The lowest BCUT2D eigenvalue weighted by Crippen LogP contribution is -2.68. The molecule has 0 saturated carbocycles. The third-order valence-electron chi connectivity index (χ3n) is 6.87. The maximum atomic E-state index is 10.9. The van der Waals surface area contributed by atoms with Crippen LogP contribution in [-0.4, -0.2) is 157 Å². The van der Waals surface area contributed by atoms with Gasteiger partial charge in [-0.05, 0) is 11.1 Å². The van der Waals surface area contributed by atoms with Crippen LogP contribution in [0.25, 0.3) is 0 Å². The maximum absolute atomic E-state index is 10.9. The first-order chi connectivity index (χ1) is 16.5. The molecule has 0 aromatic heterocycles. The summed E-state index contributed by atoms with van der Waals surface area (Å²) in [4.78, 5) is 0. The van der Waals surface area contributed by atoms with E-state index < -0.39 is 92.6 Å². The molecule has 0 aromatic rings. The highest BCUT2D eigenvalue weighted by atomic mass is 16.7. The van der Waals surface area contributed by atoms with Gasteiger partial charge in [0.2, 0.25) is 0 Å². The summed E-state index contributed by atoms with van der Waals surface area (Å²) < 4.78 is 10.8. The lowest BCUT2D eigenvalue weighted by molar-refractivity contribution is -0.266. The number of aliphatic hydroxyl groups excluding tert-OH is 10. The van der Waals surface area contributed by atoms with E-state index in [-0.39, 0.29) is 17.7 Å². The number of hydrogen-bond donors (Lipinski definition) is 12. The first-order valence-electron chi connectivity index (χ1n) is 11.3. The maximum Gasteiger partial charge on any atom is 0.185 e. The molecule has 0 amide bonds. The first kappa shape index (κ1) is 28.5. The topological polar surface area (TPSA) is 245 Å². The predicted octanol–water partition coefficient (Wildman–Crippen LogP) is -6.61. The van der Waals surface area contributed by atoms with E-state index in [0.717, 1.165) is 0 Å². The Balaban J connectivity index is 1.75. The molecule has 2 aliphatic carbocycles. The van der Waals surface area contributed by atoms with Gasteiger partial charge in [0.1, 0.15) is 48.8 Å². The van der Waals surface area contributed by atoms with Gasteiger partial charge in [0.05, 0.1) is 37.4 Å². The van der Waals surface area contributed by atoms with Crippen LogP contribution < -0.4 is 10.6 Å². The van der Waals surface area contributed by atoms with E-state index in [1.165, 1.54) is 19.3 Å².